The van der Waals surface area contributed by atoms with Crippen LogP contribution in [0.3, 0.4) is 0 Å². The minimum absolute atomic E-state index is 0.0917. The molecule has 0 amide bonds. The second-order valence-electron chi connectivity index (χ2n) is 7.05. The Labute approximate surface area is 145 Å². The van der Waals surface area contributed by atoms with Crippen molar-refractivity contribution in [1.82, 2.24) is 15.6 Å². The molecule has 0 radical (unpaired) electrons. The van der Waals surface area contributed by atoms with Gasteiger partial charge in [0.25, 0.3) is 0 Å². The Hall–Kier alpha value is -1.14. The first kappa shape index (κ1) is 19.9. The van der Waals surface area contributed by atoms with Crippen LogP contribution < -0.4 is 10.6 Å². The first-order valence-electron chi connectivity index (χ1n) is 8.19. The van der Waals surface area contributed by atoms with Crippen molar-refractivity contribution in [3.05, 3.63) is 16.1 Å². The van der Waals surface area contributed by atoms with Gasteiger partial charge in [-0.1, -0.05) is 34.6 Å². The maximum Gasteiger partial charge on any atom is 0.191 e. The van der Waals surface area contributed by atoms with Crippen molar-refractivity contribution in [3.8, 4) is 0 Å². The molecule has 1 atom stereocenters. The molecule has 5 nitrogen and oxygen atoms in total. The second kappa shape index (κ2) is 9.23. The lowest BCUT2D eigenvalue weighted by Gasteiger charge is -2.30. The zero-order valence-electron chi connectivity index (χ0n) is 15.6. The van der Waals surface area contributed by atoms with E-state index in [0.29, 0.717) is 5.92 Å². The number of aromatic nitrogens is 1. The monoisotopic (exact) mass is 340 g/mol. The summed E-state index contributed by atoms with van der Waals surface area (Å²) in [7, 11) is 3.54. The van der Waals surface area contributed by atoms with Gasteiger partial charge in [-0.3, -0.25) is 4.99 Å². The Balaban J connectivity index is 2.39. The van der Waals surface area contributed by atoms with Crippen LogP contribution in [0.25, 0.3) is 0 Å². The predicted octanol–water partition coefficient (Wildman–Crippen LogP) is 3.04. The van der Waals surface area contributed by atoms with Crippen LogP contribution in [0.5, 0.6) is 0 Å². The highest BCUT2D eigenvalue weighted by Crippen LogP contribution is 2.21. The molecule has 1 heterocycles. The van der Waals surface area contributed by atoms with E-state index in [9.17, 15) is 0 Å². The molecule has 0 saturated carbocycles. The number of aliphatic imine (C=N–C) groups is 1. The van der Waals surface area contributed by atoms with Gasteiger partial charge in [0.1, 0.15) is 0 Å². The van der Waals surface area contributed by atoms with E-state index >= 15 is 0 Å². The quantitative estimate of drug-likeness (QED) is 0.592. The maximum atomic E-state index is 5.55. The lowest BCUT2D eigenvalue weighted by atomic mass is 9.89. The van der Waals surface area contributed by atoms with Crippen molar-refractivity contribution in [3.63, 3.8) is 0 Å². The molecule has 0 fully saturated rings. The summed E-state index contributed by atoms with van der Waals surface area (Å²) in [6, 6.07) is 0. The van der Waals surface area contributed by atoms with Gasteiger partial charge in [0.15, 0.2) is 5.96 Å². The molecule has 0 bridgehead atoms. The molecule has 23 heavy (non-hydrogen) atoms. The van der Waals surface area contributed by atoms with E-state index in [1.54, 1.807) is 25.5 Å². The first-order chi connectivity index (χ1) is 10.8. The van der Waals surface area contributed by atoms with Gasteiger partial charge in [0.05, 0.1) is 16.8 Å². The average Bonchev–Trinajstić information content (AvgIpc) is 2.93. The Kier molecular flexibility index (Phi) is 7.99. The number of thiazole rings is 1. The van der Waals surface area contributed by atoms with E-state index in [-0.39, 0.29) is 11.5 Å². The van der Waals surface area contributed by atoms with Gasteiger partial charge < -0.3 is 15.4 Å². The molecule has 0 aliphatic carbocycles. The van der Waals surface area contributed by atoms with Crippen LogP contribution in [0.15, 0.2) is 10.4 Å². The Bertz CT molecular complexity index is 491. The average molecular weight is 341 g/mol. The van der Waals surface area contributed by atoms with Gasteiger partial charge in [-0.25, -0.2) is 4.98 Å². The number of methoxy groups -OCH3 is 1. The lowest BCUT2D eigenvalue weighted by Crippen LogP contribution is -2.45. The molecule has 1 rings (SSSR count). The van der Waals surface area contributed by atoms with E-state index < -0.39 is 0 Å². The van der Waals surface area contributed by atoms with Crippen LogP contribution in [0.1, 0.15) is 51.2 Å². The van der Waals surface area contributed by atoms with Crippen molar-refractivity contribution in [1.29, 1.82) is 0 Å². The molecule has 0 aromatic carbocycles. The number of nitrogens with one attached hydrogen (secondary N) is 2. The predicted molar refractivity (Wildman–Crippen MR) is 99.5 cm³/mol. The summed E-state index contributed by atoms with van der Waals surface area (Å²) in [4.78, 5) is 8.91. The van der Waals surface area contributed by atoms with Crippen molar-refractivity contribution in [2.45, 2.75) is 53.1 Å². The van der Waals surface area contributed by atoms with Gasteiger partial charge in [-0.15, -0.1) is 11.3 Å². The standard InChI is InChI=1S/C17H32N4OS/c1-12(2)15-21-13(11-23-15)8-9-19-16(18-6)20-10-14(22-7)17(3,4)5/h11-12,14H,8-10H2,1-7H3,(H2,18,19,20). The maximum absolute atomic E-state index is 5.55. The summed E-state index contributed by atoms with van der Waals surface area (Å²) < 4.78 is 5.55. The SMILES string of the molecule is CN=C(NCCc1csc(C(C)C)n1)NCC(OC)C(C)(C)C. The Morgan fingerprint density at radius 2 is 2.04 bits per heavy atom. The van der Waals surface area contributed by atoms with Crippen LogP contribution >= 0.6 is 11.3 Å². The summed E-state index contributed by atoms with van der Waals surface area (Å²) in [5.74, 6) is 1.30. The highest BCUT2D eigenvalue weighted by atomic mass is 32.1. The van der Waals surface area contributed by atoms with Crippen LogP contribution in [0, 0.1) is 5.41 Å². The number of nitrogens with zero attached hydrogens (tertiary/aromatic N) is 2. The smallest absolute Gasteiger partial charge is 0.191 e. The fourth-order valence-electron chi connectivity index (χ4n) is 2.16. The summed E-state index contributed by atoms with van der Waals surface area (Å²) >= 11 is 1.74. The molecule has 0 spiro atoms. The molecular formula is C17H32N4OS. The molecule has 132 valence electrons. The molecule has 0 aliphatic heterocycles. The minimum Gasteiger partial charge on any atom is -0.379 e. The van der Waals surface area contributed by atoms with Gasteiger partial charge >= 0.3 is 0 Å². The summed E-state index contributed by atoms with van der Waals surface area (Å²) in [5, 5.41) is 10.0. The summed E-state index contributed by atoms with van der Waals surface area (Å²) in [5.41, 5.74) is 1.24. The van der Waals surface area contributed by atoms with Gasteiger partial charge in [-0.05, 0) is 5.41 Å². The molecule has 1 unspecified atom stereocenters. The summed E-state index contributed by atoms with van der Waals surface area (Å²) in [6.07, 6.45) is 1.03. The molecule has 0 aliphatic rings. The zero-order valence-corrected chi connectivity index (χ0v) is 16.4. The number of hydrogen-bond donors (Lipinski definition) is 2. The third kappa shape index (κ3) is 6.87. The highest BCUT2D eigenvalue weighted by molar-refractivity contribution is 7.09. The van der Waals surface area contributed by atoms with Crippen molar-refractivity contribution in [2.24, 2.45) is 10.4 Å². The fraction of sp³-hybridized carbons (Fsp3) is 0.765. The van der Waals surface area contributed by atoms with Crippen LogP contribution in [0.2, 0.25) is 0 Å². The number of rotatable bonds is 7. The van der Waals surface area contributed by atoms with Crippen molar-refractivity contribution >= 4 is 17.3 Å². The third-order valence-electron chi connectivity index (χ3n) is 3.67. The molecule has 1 aromatic rings. The normalized spacial score (nSPS) is 14.2. The topological polar surface area (TPSA) is 58.5 Å². The van der Waals surface area contributed by atoms with E-state index in [1.807, 2.05) is 0 Å². The molecule has 0 saturated heterocycles. The summed E-state index contributed by atoms with van der Waals surface area (Å²) in [6.45, 7) is 12.4. The van der Waals surface area contributed by atoms with Crippen molar-refractivity contribution in [2.75, 3.05) is 27.2 Å². The first-order valence-corrected chi connectivity index (χ1v) is 9.07. The largest absolute Gasteiger partial charge is 0.379 e. The Morgan fingerprint density at radius 3 is 2.52 bits per heavy atom. The fourth-order valence-corrected chi connectivity index (χ4v) is 3.03. The molecule has 2 N–H and O–H groups in total. The van der Waals surface area contributed by atoms with E-state index in [2.05, 4.69) is 60.6 Å². The Morgan fingerprint density at radius 1 is 1.35 bits per heavy atom. The van der Waals surface area contributed by atoms with Crippen LogP contribution in [-0.4, -0.2) is 44.3 Å². The third-order valence-corrected chi connectivity index (χ3v) is 4.86. The zero-order chi connectivity index (χ0) is 17.5. The van der Waals surface area contributed by atoms with E-state index in [1.165, 1.54) is 5.01 Å². The molecular weight excluding hydrogens is 308 g/mol. The van der Waals surface area contributed by atoms with Crippen LogP contribution in [-0.2, 0) is 11.2 Å². The van der Waals surface area contributed by atoms with Crippen molar-refractivity contribution < 1.29 is 4.74 Å². The minimum atomic E-state index is 0.0917. The molecule has 6 heteroatoms. The number of ether oxygens (including phenoxy) is 1. The van der Waals surface area contributed by atoms with Crippen LogP contribution in [0.4, 0.5) is 0 Å². The van der Waals surface area contributed by atoms with Gasteiger partial charge in [0.2, 0.25) is 0 Å². The van der Waals surface area contributed by atoms with E-state index in [4.69, 9.17) is 4.74 Å². The lowest BCUT2D eigenvalue weighted by molar-refractivity contribution is 0.0205. The van der Waals surface area contributed by atoms with Gasteiger partial charge in [-0.2, -0.15) is 0 Å². The van der Waals surface area contributed by atoms with Gasteiger partial charge in [0, 0.05) is 45.0 Å². The van der Waals surface area contributed by atoms with E-state index in [0.717, 1.165) is 31.2 Å². The molecule has 1 aromatic heterocycles. The number of hydrogen-bond acceptors (Lipinski definition) is 4. The number of guanidine groups is 1. The second-order valence-corrected chi connectivity index (χ2v) is 7.94. The highest BCUT2D eigenvalue weighted by Gasteiger charge is 2.24.